The lowest BCUT2D eigenvalue weighted by Gasteiger charge is -2.08. The summed E-state index contributed by atoms with van der Waals surface area (Å²) in [6.45, 7) is 2.51. The fraction of sp³-hybridized carbons (Fsp3) is 0.250. The van der Waals surface area contributed by atoms with E-state index in [-0.39, 0.29) is 0 Å². The van der Waals surface area contributed by atoms with Crippen LogP contribution >= 0.6 is 0 Å². The van der Waals surface area contributed by atoms with Crippen LogP contribution in [-0.2, 0) is 6.54 Å². The quantitative estimate of drug-likeness (QED) is 0.674. The standard InChI is InChI=1S/C20H23N3O/c1-23(2)14-13-21-15-18-22-19(16-9-5-3-6-10-16)20(24-18)17-11-7-4-8-12-17/h3-12,21H,13-15H2,1-2H3. The minimum Gasteiger partial charge on any atom is -0.439 e. The van der Waals surface area contributed by atoms with Gasteiger partial charge in [-0.2, -0.15) is 0 Å². The van der Waals surface area contributed by atoms with E-state index in [4.69, 9.17) is 9.40 Å². The Morgan fingerprint density at radius 3 is 2.17 bits per heavy atom. The van der Waals surface area contributed by atoms with E-state index in [9.17, 15) is 0 Å². The molecule has 0 aliphatic heterocycles. The molecule has 4 nitrogen and oxygen atoms in total. The fourth-order valence-corrected chi connectivity index (χ4v) is 2.51. The molecule has 0 saturated carbocycles. The van der Waals surface area contributed by atoms with Crippen LogP contribution in [0.15, 0.2) is 65.1 Å². The van der Waals surface area contributed by atoms with Crippen molar-refractivity contribution >= 4 is 0 Å². The second-order valence-corrected chi connectivity index (χ2v) is 6.00. The maximum absolute atomic E-state index is 6.08. The molecule has 3 rings (SSSR count). The number of hydrogen-bond donors (Lipinski definition) is 1. The zero-order valence-corrected chi connectivity index (χ0v) is 14.2. The molecule has 0 aliphatic rings. The summed E-state index contributed by atoms with van der Waals surface area (Å²) in [6, 6.07) is 20.3. The summed E-state index contributed by atoms with van der Waals surface area (Å²) in [5.74, 6) is 1.54. The van der Waals surface area contributed by atoms with Crippen LogP contribution in [0.5, 0.6) is 0 Å². The molecule has 2 aromatic carbocycles. The molecule has 0 fully saturated rings. The Morgan fingerprint density at radius 1 is 0.917 bits per heavy atom. The van der Waals surface area contributed by atoms with Crippen LogP contribution in [0.3, 0.4) is 0 Å². The molecule has 124 valence electrons. The highest BCUT2D eigenvalue weighted by atomic mass is 16.4. The van der Waals surface area contributed by atoms with Crippen molar-refractivity contribution < 1.29 is 4.42 Å². The average Bonchev–Trinajstić information content (AvgIpc) is 3.04. The van der Waals surface area contributed by atoms with Crippen LogP contribution in [-0.4, -0.2) is 37.1 Å². The highest BCUT2D eigenvalue weighted by Crippen LogP contribution is 2.32. The Labute approximate surface area is 143 Å². The molecular weight excluding hydrogens is 298 g/mol. The monoisotopic (exact) mass is 321 g/mol. The molecule has 24 heavy (non-hydrogen) atoms. The summed E-state index contributed by atoms with van der Waals surface area (Å²) in [6.07, 6.45) is 0. The van der Waals surface area contributed by atoms with Gasteiger partial charge in [-0.25, -0.2) is 4.98 Å². The van der Waals surface area contributed by atoms with Gasteiger partial charge in [0.25, 0.3) is 0 Å². The Hall–Kier alpha value is -2.43. The Morgan fingerprint density at radius 2 is 1.54 bits per heavy atom. The molecule has 0 bridgehead atoms. The van der Waals surface area contributed by atoms with Crippen LogP contribution in [0.4, 0.5) is 0 Å². The minimum absolute atomic E-state index is 0.626. The average molecular weight is 321 g/mol. The van der Waals surface area contributed by atoms with Gasteiger partial charge in [-0.05, 0) is 14.1 Å². The van der Waals surface area contributed by atoms with Gasteiger partial charge in [0, 0.05) is 24.2 Å². The minimum atomic E-state index is 0.626. The number of nitrogens with one attached hydrogen (secondary N) is 1. The first-order valence-corrected chi connectivity index (χ1v) is 8.20. The van der Waals surface area contributed by atoms with Gasteiger partial charge in [0.15, 0.2) is 5.76 Å². The summed E-state index contributed by atoms with van der Waals surface area (Å²) in [7, 11) is 4.13. The van der Waals surface area contributed by atoms with E-state index >= 15 is 0 Å². The van der Waals surface area contributed by atoms with E-state index in [0.717, 1.165) is 35.7 Å². The molecule has 1 heterocycles. The van der Waals surface area contributed by atoms with Crippen molar-refractivity contribution in [3.8, 4) is 22.6 Å². The van der Waals surface area contributed by atoms with E-state index in [1.54, 1.807) is 0 Å². The molecule has 3 aromatic rings. The zero-order valence-electron chi connectivity index (χ0n) is 14.2. The molecule has 0 amide bonds. The second-order valence-electron chi connectivity index (χ2n) is 6.00. The third-order valence-corrected chi connectivity index (χ3v) is 3.77. The maximum atomic E-state index is 6.08. The highest BCUT2D eigenvalue weighted by Gasteiger charge is 2.16. The van der Waals surface area contributed by atoms with Gasteiger partial charge in [-0.15, -0.1) is 0 Å². The summed E-state index contributed by atoms with van der Waals surface area (Å²) in [5, 5.41) is 3.38. The lowest BCUT2D eigenvalue weighted by Crippen LogP contribution is -2.26. The zero-order chi connectivity index (χ0) is 16.8. The molecule has 0 atom stereocenters. The van der Waals surface area contributed by atoms with Gasteiger partial charge >= 0.3 is 0 Å². The molecule has 0 saturated heterocycles. The molecule has 0 radical (unpaired) electrons. The lowest BCUT2D eigenvalue weighted by molar-refractivity contribution is 0.390. The SMILES string of the molecule is CN(C)CCNCc1nc(-c2ccccc2)c(-c2ccccc2)o1. The van der Waals surface area contributed by atoms with Crippen LogP contribution in [0, 0.1) is 0 Å². The first kappa shape index (κ1) is 16.4. The number of rotatable bonds is 7. The van der Waals surface area contributed by atoms with Crippen molar-refractivity contribution in [3.05, 3.63) is 66.6 Å². The number of aromatic nitrogens is 1. The van der Waals surface area contributed by atoms with Gasteiger partial charge in [0.1, 0.15) is 5.69 Å². The number of benzene rings is 2. The topological polar surface area (TPSA) is 41.3 Å². The molecule has 4 heteroatoms. The van der Waals surface area contributed by atoms with Gasteiger partial charge in [0.05, 0.1) is 6.54 Å². The van der Waals surface area contributed by atoms with E-state index in [2.05, 4.69) is 48.6 Å². The predicted molar refractivity (Wildman–Crippen MR) is 97.6 cm³/mol. The van der Waals surface area contributed by atoms with E-state index in [0.29, 0.717) is 12.4 Å². The van der Waals surface area contributed by atoms with Gasteiger partial charge in [-0.1, -0.05) is 60.7 Å². The Balaban J connectivity index is 1.86. The Bertz CT molecular complexity index is 694. The second kappa shape index (κ2) is 7.90. The number of hydrogen-bond acceptors (Lipinski definition) is 4. The number of oxazole rings is 1. The van der Waals surface area contributed by atoms with Crippen molar-refractivity contribution in [1.29, 1.82) is 0 Å². The van der Waals surface area contributed by atoms with Gasteiger partial charge in [-0.3, -0.25) is 0 Å². The molecule has 0 aliphatic carbocycles. The van der Waals surface area contributed by atoms with Crippen LogP contribution in [0.25, 0.3) is 22.6 Å². The predicted octanol–water partition coefficient (Wildman–Crippen LogP) is 3.66. The molecule has 0 spiro atoms. The van der Waals surface area contributed by atoms with Crippen LogP contribution in [0.2, 0.25) is 0 Å². The van der Waals surface area contributed by atoms with Crippen LogP contribution in [0.1, 0.15) is 5.89 Å². The number of likely N-dealkylation sites (N-methyl/N-ethyl adjacent to an activating group) is 1. The fourth-order valence-electron chi connectivity index (χ4n) is 2.51. The van der Waals surface area contributed by atoms with Gasteiger partial charge < -0.3 is 14.6 Å². The normalized spacial score (nSPS) is 11.1. The maximum Gasteiger partial charge on any atom is 0.209 e. The van der Waals surface area contributed by atoms with E-state index in [1.807, 2.05) is 36.4 Å². The van der Waals surface area contributed by atoms with E-state index in [1.165, 1.54) is 0 Å². The van der Waals surface area contributed by atoms with Crippen molar-refractivity contribution in [2.75, 3.05) is 27.2 Å². The van der Waals surface area contributed by atoms with Gasteiger partial charge in [0.2, 0.25) is 5.89 Å². The van der Waals surface area contributed by atoms with Crippen LogP contribution < -0.4 is 5.32 Å². The first-order valence-electron chi connectivity index (χ1n) is 8.20. The number of nitrogens with zero attached hydrogens (tertiary/aromatic N) is 2. The highest BCUT2D eigenvalue weighted by molar-refractivity contribution is 5.76. The van der Waals surface area contributed by atoms with Crippen molar-refractivity contribution in [2.45, 2.75) is 6.54 Å². The summed E-state index contributed by atoms with van der Waals surface area (Å²) in [5.41, 5.74) is 3.01. The first-order chi connectivity index (χ1) is 11.7. The van der Waals surface area contributed by atoms with E-state index < -0.39 is 0 Å². The van der Waals surface area contributed by atoms with Crippen molar-refractivity contribution in [3.63, 3.8) is 0 Å². The third kappa shape index (κ3) is 4.10. The lowest BCUT2D eigenvalue weighted by atomic mass is 10.1. The summed E-state index contributed by atoms with van der Waals surface area (Å²) < 4.78 is 6.08. The smallest absolute Gasteiger partial charge is 0.209 e. The summed E-state index contributed by atoms with van der Waals surface area (Å²) in [4.78, 5) is 6.88. The molecule has 1 aromatic heterocycles. The van der Waals surface area contributed by atoms with Crippen molar-refractivity contribution in [1.82, 2.24) is 15.2 Å². The third-order valence-electron chi connectivity index (χ3n) is 3.77. The molecule has 1 N–H and O–H groups in total. The van der Waals surface area contributed by atoms with Crippen molar-refractivity contribution in [2.24, 2.45) is 0 Å². The molecule has 0 unspecified atom stereocenters. The molecular formula is C20H23N3O. The largest absolute Gasteiger partial charge is 0.439 e. The summed E-state index contributed by atoms with van der Waals surface area (Å²) >= 11 is 0. The Kier molecular flexibility index (Phi) is 5.41.